The van der Waals surface area contributed by atoms with Crippen LogP contribution in [-0.2, 0) is 0 Å². The van der Waals surface area contributed by atoms with E-state index in [1.807, 2.05) is 36.4 Å². The molecule has 16 heavy (non-hydrogen) atoms. The molecular formula is C16H14. The summed E-state index contributed by atoms with van der Waals surface area (Å²) in [6, 6.07) is 16.7. The number of rotatable bonds is 3. The van der Waals surface area contributed by atoms with E-state index in [2.05, 4.69) is 37.4 Å². The summed E-state index contributed by atoms with van der Waals surface area (Å²) < 4.78 is 0. The van der Waals surface area contributed by atoms with Gasteiger partial charge in [-0.15, -0.1) is 0 Å². The molecule has 0 amide bonds. The summed E-state index contributed by atoms with van der Waals surface area (Å²) in [5.41, 5.74) is 4.70. The molecule has 0 aliphatic heterocycles. The molecule has 0 aromatic heterocycles. The van der Waals surface area contributed by atoms with Crippen LogP contribution in [0.2, 0.25) is 0 Å². The van der Waals surface area contributed by atoms with E-state index in [-0.39, 0.29) is 0 Å². The van der Waals surface area contributed by atoms with Gasteiger partial charge in [0.2, 0.25) is 0 Å². The lowest BCUT2D eigenvalue weighted by atomic mass is 10.0. The van der Waals surface area contributed by atoms with Gasteiger partial charge >= 0.3 is 0 Å². The lowest BCUT2D eigenvalue weighted by molar-refractivity contribution is 1.58. The summed E-state index contributed by atoms with van der Waals surface area (Å²) in [5.74, 6) is 0. The van der Waals surface area contributed by atoms with Gasteiger partial charge in [-0.25, -0.2) is 0 Å². The maximum absolute atomic E-state index is 3.78. The highest BCUT2D eigenvalue weighted by Crippen LogP contribution is 2.22. The Morgan fingerprint density at radius 2 is 1.12 bits per heavy atom. The van der Waals surface area contributed by atoms with Crippen LogP contribution in [0.1, 0.15) is 11.1 Å². The molecule has 0 saturated heterocycles. The van der Waals surface area contributed by atoms with Crippen LogP contribution in [0.3, 0.4) is 0 Å². The van der Waals surface area contributed by atoms with Gasteiger partial charge in [-0.3, -0.25) is 0 Å². The van der Waals surface area contributed by atoms with Crippen LogP contribution in [0.5, 0.6) is 0 Å². The second-order valence-corrected chi connectivity index (χ2v) is 3.66. The van der Waals surface area contributed by atoms with Crippen LogP contribution in [-0.4, -0.2) is 0 Å². The standard InChI is InChI=1S/C16H14/c1-3-13-7-5-9-15(11-13)16-10-6-8-14(4-2)12-16/h3-12H,1-2H2. The van der Waals surface area contributed by atoms with Gasteiger partial charge < -0.3 is 0 Å². The summed E-state index contributed by atoms with van der Waals surface area (Å²) in [6.07, 6.45) is 3.72. The van der Waals surface area contributed by atoms with Crippen LogP contribution >= 0.6 is 0 Å². The first-order chi connectivity index (χ1) is 7.83. The molecule has 0 unspecified atom stereocenters. The average Bonchev–Trinajstić information content (AvgIpc) is 2.39. The fourth-order valence-electron chi connectivity index (χ4n) is 1.69. The van der Waals surface area contributed by atoms with Crippen molar-refractivity contribution in [3.8, 4) is 11.1 Å². The van der Waals surface area contributed by atoms with Crippen LogP contribution in [0.25, 0.3) is 23.3 Å². The second-order valence-electron chi connectivity index (χ2n) is 3.66. The minimum atomic E-state index is 1.14. The summed E-state index contributed by atoms with van der Waals surface area (Å²) in [6.45, 7) is 7.57. The lowest BCUT2D eigenvalue weighted by Crippen LogP contribution is -1.80. The molecule has 0 spiro atoms. The van der Waals surface area contributed by atoms with Gasteiger partial charge in [-0.05, 0) is 34.4 Å². The fourth-order valence-corrected chi connectivity index (χ4v) is 1.69. The third kappa shape index (κ3) is 2.12. The minimum absolute atomic E-state index is 1.14. The predicted octanol–water partition coefficient (Wildman–Crippen LogP) is 4.64. The topological polar surface area (TPSA) is 0 Å². The molecule has 2 aromatic rings. The van der Waals surface area contributed by atoms with Gasteiger partial charge in [0.25, 0.3) is 0 Å². The number of hydrogen-bond donors (Lipinski definition) is 0. The summed E-state index contributed by atoms with van der Waals surface area (Å²) in [7, 11) is 0. The van der Waals surface area contributed by atoms with Crippen molar-refractivity contribution >= 4 is 12.2 Å². The average molecular weight is 206 g/mol. The Balaban J connectivity index is 2.49. The molecule has 0 N–H and O–H groups in total. The molecule has 2 rings (SSSR count). The van der Waals surface area contributed by atoms with E-state index in [0.29, 0.717) is 0 Å². The Morgan fingerprint density at radius 3 is 1.50 bits per heavy atom. The maximum Gasteiger partial charge on any atom is -0.0178 e. The van der Waals surface area contributed by atoms with Crippen LogP contribution in [0, 0.1) is 0 Å². The Bertz CT molecular complexity index is 472. The molecule has 0 fully saturated rings. The van der Waals surface area contributed by atoms with Crippen LogP contribution in [0.4, 0.5) is 0 Å². The van der Waals surface area contributed by atoms with Crippen molar-refractivity contribution in [3.63, 3.8) is 0 Å². The summed E-state index contributed by atoms with van der Waals surface area (Å²) in [4.78, 5) is 0. The largest absolute Gasteiger partial charge is 0.0985 e. The Hall–Kier alpha value is -2.08. The molecule has 0 nitrogen and oxygen atoms in total. The fraction of sp³-hybridized carbons (Fsp3) is 0. The highest BCUT2D eigenvalue weighted by molar-refractivity contribution is 5.69. The van der Waals surface area contributed by atoms with E-state index < -0.39 is 0 Å². The third-order valence-corrected chi connectivity index (χ3v) is 2.58. The third-order valence-electron chi connectivity index (χ3n) is 2.58. The Labute approximate surface area is 96.6 Å². The lowest BCUT2D eigenvalue weighted by Gasteiger charge is -2.04. The molecule has 0 radical (unpaired) electrons. The SMILES string of the molecule is C=Cc1cccc(-c2cccc(C=C)c2)c1. The van der Waals surface area contributed by atoms with E-state index in [4.69, 9.17) is 0 Å². The molecule has 0 atom stereocenters. The van der Waals surface area contributed by atoms with Gasteiger partial charge in [0.05, 0.1) is 0 Å². The van der Waals surface area contributed by atoms with Crippen molar-refractivity contribution < 1.29 is 0 Å². The molecule has 78 valence electrons. The van der Waals surface area contributed by atoms with Crippen molar-refractivity contribution in [3.05, 3.63) is 72.8 Å². The predicted molar refractivity (Wildman–Crippen MR) is 72.1 cm³/mol. The monoisotopic (exact) mass is 206 g/mol. The normalized spacial score (nSPS) is 9.75. The zero-order valence-electron chi connectivity index (χ0n) is 9.19. The van der Waals surface area contributed by atoms with E-state index >= 15 is 0 Å². The van der Waals surface area contributed by atoms with Gasteiger partial charge in [-0.2, -0.15) is 0 Å². The van der Waals surface area contributed by atoms with Gasteiger partial charge in [0.1, 0.15) is 0 Å². The number of hydrogen-bond acceptors (Lipinski definition) is 0. The first kappa shape index (κ1) is 10.4. The molecule has 0 aliphatic carbocycles. The van der Waals surface area contributed by atoms with Gasteiger partial charge in [0.15, 0.2) is 0 Å². The molecular weight excluding hydrogens is 192 g/mol. The van der Waals surface area contributed by atoms with E-state index in [1.165, 1.54) is 11.1 Å². The molecule has 0 bridgehead atoms. The van der Waals surface area contributed by atoms with Crippen molar-refractivity contribution in [2.24, 2.45) is 0 Å². The van der Waals surface area contributed by atoms with Crippen LogP contribution < -0.4 is 0 Å². The van der Waals surface area contributed by atoms with Crippen molar-refractivity contribution in [2.75, 3.05) is 0 Å². The molecule has 2 aromatic carbocycles. The minimum Gasteiger partial charge on any atom is -0.0985 e. The van der Waals surface area contributed by atoms with Gasteiger partial charge in [0, 0.05) is 0 Å². The Morgan fingerprint density at radius 1 is 0.688 bits per heavy atom. The smallest absolute Gasteiger partial charge is 0.0178 e. The maximum atomic E-state index is 3.78. The number of benzene rings is 2. The second kappa shape index (κ2) is 4.63. The molecule has 0 heterocycles. The summed E-state index contributed by atoms with van der Waals surface area (Å²) >= 11 is 0. The summed E-state index contributed by atoms with van der Waals surface area (Å²) in [5, 5.41) is 0. The van der Waals surface area contributed by atoms with Crippen molar-refractivity contribution in [1.29, 1.82) is 0 Å². The van der Waals surface area contributed by atoms with Crippen molar-refractivity contribution in [2.45, 2.75) is 0 Å². The van der Waals surface area contributed by atoms with E-state index in [1.54, 1.807) is 0 Å². The Kier molecular flexibility index (Phi) is 3.02. The highest BCUT2D eigenvalue weighted by Gasteiger charge is 1.98. The first-order valence-corrected chi connectivity index (χ1v) is 5.29. The zero-order chi connectivity index (χ0) is 11.4. The zero-order valence-corrected chi connectivity index (χ0v) is 9.19. The van der Waals surface area contributed by atoms with E-state index in [0.717, 1.165) is 11.1 Å². The van der Waals surface area contributed by atoms with Crippen molar-refractivity contribution in [1.82, 2.24) is 0 Å². The molecule has 0 aliphatic rings. The highest BCUT2D eigenvalue weighted by atomic mass is 14.0. The van der Waals surface area contributed by atoms with E-state index in [9.17, 15) is 0 Å². The van der Waals surface area contributed by atoms with Gasteiger partial charge in [-0.1, -0.05) is 61.7 Å². The van der Waals surface area contributed by atoms with Crippen LogP contribution in [0.15, 0.2) is 61.7 Å². The quantitative estimate of drug-likeness (QED) is 0.686. The molecule has 0 saturated carbocycles. The molecule has 0 heteroatoms. The first-order valence-electron chi connectivity index (χ1n) is 5.29.